The zero-order valence-electron chi connectivity index (χ0n) is 9.34. The SMILES string of the molecule is COCC(C)CNC(=O)C(Br)C(C)C. The van der Waals surface area contributed by atoms with Crippen LogP contribution >= 0.6 is 15.9 Å². The number of alkyl halides is 1. The first-order valence-electron chi connectivity index (χ1n) is 4.89. The number of carbonyl (C=O) groups is 1. The fourth-order valence-electron chi connectivity index (χ4n) is 1.02. The Hall–Kier alpha value is -0.0900. The number of nitrogens with one attached hydrogen (secondary N) is 1. The third kappa shape index (κ3) is 5.60. The van der Waals surface area contributed by atoms with Crippen molar-refractivity contribution in [3.05, 3.63) is 0 Å². The van der Waals surface area contributed by atoms with Crippen molar-refractivity contribution in [3.63, 3.8) is 0 Å². The highest BCUT2D eigenvalue weighted by Gasteiger charge is 2.18. The maximum atomic E-state index is 11.5. The lowest BCUT2D eigenvalue weighted by Gasteiger charge is -2.16. The molecule has 0 aliphatic carbocycles. The van der Waals surface area contributed by atoms with Crippen LogP contribution < -0.4 is 5.32 Å². The Morgan fingerprint density at radius 1 is 1.43 bits per heavy atom. The van der Waals surface area contributed by atoms with Gasteiger partial charge in [-0.25, -0.2) is 0 Å². The average molecular weight is 266 g/mol. The molecule has 0 heterocycles. The van der Waals surface area contributed by atoms with Crippen LogP contribution in [0.15, 0.2) is 0 Å². The molecule has 0 aromatic heterocycles. The van der Waals surface area contributed by atoms with Crippen LogP contribution in [0.4, 0.5) is 0 Å². The lowest BCUT2D eigenvalue weighted by Crippen LogP contribution is -2.37. The molecule has 0 saturated heterocycles. The monoisotopic (exact) mass is 265 g/mol. The molecule has 4 heteroatoms. The van der Waals surface area contributed by atoms with Gasteiger partial charge in [-0.2, -0.15) is 0 Å². The van der Waals surface area contributed by atoms with E-state index in [0.29, 0.717) is 25.0 Å². The molecule has 1 N–H and O–H groups in total. The van der Waals surface area contributed by atoms with Gasteiger partial charge >= 0.3 is 0 Å². The maximum Gasteiger partial charge on any atom is 0.234 e. The summed E-state index contributed by atoms with van der Waals surface area (Å²) in [7, 11) is 1.67. The standard InChI is InChI=1S/C10H20BrNO2/c1-7(2)9(11)10(13)12-5-8(3)6-14-4/h7-9H,5-6H2,1-4H3,(H,12,13). The minimum absolute atomic E-state index is 0.0583. The number of carbonyl (C=O) groups excluding carboxylic acids is 1. The van der Waals surface area contributed by atoms with Crippen molar-refractivity contribution < 1.29 is 9.53 Å². The number of hydrogen-bond donors (Lipinski definition) is 1. The van der Waals surface area contributed by atoms with Gasteiger partial charge in [-0.05, 0) is 11.8 Å². The van der Waals surface area contributed by atoms with Crippen LogP contribution in [0.2, 0.25) is 0 Å². The Kier molecular flexibility index (Phi) is 7.19. The molecule has 0 aromatic rings. The molecule has 1 amide bonds. The molecule has 2 unspecified atom stereocenters. The summed E-state index contributed by atoms with van der Waals surface area (Å²) in [5.41, 5.74) is 0. The van der Waals surface area contributed by atoms with Crippen molar-refractivity contribution in [1.29, 1.82) is 0 Å². The Balaban J connectivity index is 3.73. The number of hydrogen-bond acceptors (Lipinski definition) is 2. The van der Waals surface area contributed by atoms with Gasteiger partial charge in [-0.1, -0.05) is 36.7 Å². The number of amides is 1. The summed E-state index contributed by atoms with van der Waals surface area (Å²) in [6, 6.07) is 0. The van der Waals surface area contributed by atoms with Crippen molar-refractivity contribution in [3.8, 4) is 0 Å². The fraction of sp³-hybridized carbons (Fsp3) is 0.900. The largest absolute Gasteiger partial charge is 0.384 e. The van der Waals surface area contributed by atoms with E-state index in [2.05, 4.69) is 21.2 Å². The van der Waals surface area contributed by atoms with Crippen LogP contribution in [0.1, 0.15) is 20.8 Å². The average Bonchev–Trinajstić information content (AvgIpc) is 2.13. The Bertz CT molecular complexity index is 174. The molecular formula is C10H20BrNO2. The third-order valence-corrected chi connectivity index (χ3v) is 3.38. The number of halogens is 1. The lowest BCUT2D eigenvalue weighted by atomic mass is 10.1. The first-order chi connectivity index (χ1) is 6.49. The zero-order chi connectivity index (χ0) is 11.1. The van der Waals surface area contributed by atoms with Crippen LogP contribution in [0.5, 0.6) is 0 Å². The van der Waals surface area contributed by atoms with Gasteiger partial charge in [0.25, 0.3) is 0 Å². The quantitative estimate of drug-likeness (QED) is 0.744. The topological polar surface area (TPSA) is 38.3 Å². The number of rotatable bonds is 6. The van der Waals surface area contributed by atoms with Crippen LogP contribution in [0.3, 0.4) is 0 Å². The van der Waals surface area contributed by atoms with E-state index in [0.717, 1.165) is 0 Å². The molecule has 0 bridgehead atoms. The van der Waals surface area contributed by atoms with Crippen molar-refractivity contribution in [2.24, 2.45) is 11.8 Å². The predicted octanol–water partition coefficient (Wildman–Crippen LogP) is 1.80. The molecule has 0 aromatic carbocycles. The van der Waals surface area contributed by atoms with Gasteiger partial charge in [0.15, 0.2) is 0 Å². The zero-order valence-corrected chi connectivity index (χ0v) is 10.9. The summed E-state index contributed by atoms with van der Waals surface area (Å²) >= 11 is 3.35. The fourth-order valence-corrected chi connectivity index (χ4v) is 1.18. The molecule has 84 valence electrons. The summed E-state index contributed by atoms with van der Waals surface area (Å²) in [6.07, 6.45) is 0. The lowest BCUT2D eigenvalue weighted by molar-refractivity contribution is -0.121. The number of ether oxygens (including phenoxy) is 1. The molecule has 2 atom stereocenters. The minimum atomic E-state index is -0.0998. The summed E-state index contributed by atoms with van der Waals surface area (Å²) in [4.78, 5) is 11.4. The second-order valence-electron chi connectivity index (χ2n) is 3.95. The normalized spacial score (nSPS) is 15.3. The van der Waals surface area contributed by atoms with E-state index in [4.69, 9.17) is 4.74 Å². The highest BCUT2D eigenvalue weighted by atomic mass is 79.9. The van der Waals surface area contributed by atoms with Crippen LogP contribution in [0, 0.1) is 11.8 Å². The molecule has 3 nitrogen and oxygen atoms in total. The van der Waals surface area contributed by atoms with Gasteiger partial charge in [0, 0.05) is 13.7 Å². The molecule has 0 rings (SSSR count). The molecule has 0 aliphatic heterocycles. The van der Waals surface area contributed by atoms with E-state index in [1.807, 2.05) is 20.8 Å². The molecule has 14 heavy (non-hydrogen) atoms. The summed E-state index contributed by atoms with van der Waals surface area (Å²) in [5.74, 6) is 0.728. The van der Waals surface area contributed by atoms with Crippen molar-refractivity contribution in [2.45, 2.75) is 25.6 Å². The summed E-state index contributed by atoms with van der Waals surface area (Å²) < 4.78 is 4.98. The first-order valence-corrected chi connectivity index (χ1v) is 5.81. The summed E-state index contributed by atoms with van der Waals surface area (Å²) in [5, 5.41) is 2.88. The highest BCUT2D eigenvalue weighted by Crippen LogP contribution is 2.11. The van der Waals surface area contributed by atoms with E-state index in [9.17, 15) is 4.79 Å². The van der Waals surface area contributed by atoms with Crippen molar-refractivity contribution >= 4 is 21.8 Å². The highest BCUT2D eigenvalue weighted by molar-refractivity contribution is 9.10. The maximum absolute atomic E-state index is 11.5. The van der Waals surface area contributed by atoms with Gasteiger partial charge in [0.2, 0.25) is 5.91 Å². The number of methoxy groups -OCH3 is 1. The van der Waals surface area contributed by atoms with Gasteiger partial charge in [0.05, 0.1) is 11.4 Å². The molecule has 0 saturated carbocycles. The van der Waals surface area contributed by atoms with E-state index >= 15 is 0 Å². The smallest absolute Gasteiger partial charge is 0.234 e. The van der Waals surface area contributed by atoms with E-state index < -0.39 is 0 Å². The molecule has 0 radical (unpaired) electrons. The third-order valence-electron chi connectivity index (χ3n) is 1.91. The Labute approximate surface area is 94.7 Å². The van der Waals surface area contributed by atoms with E-state index in [1.165, 1.54) is 0 Å². The summed E-state index contributed by atoms with van der Waals surface area (Å²) in [6.45, 7) is 7.41. The molecular weight excluding hydrogens is 246 g/mol. The van der Waals surface area contributed by atoms with Gasteiger partial charge in [0.1, 0.15) is 0 Å². The Morgan fingerprint density at radius 3 is 2.43 bits per heavy atom. The Morgan fingerprint density at radius 2 is 2.00 bits per heavy atom. The predicted molar refractivity (Wildman–Crippen MR) is 61.6 cm³/mol. The van der Waals surface area contributed by atoms with Gasteiger partial charge in [-0.3, -0.25) is 4.79 Å². The molecule has 0 fully saturated rings. The van der Waals surface area contributed by atoms with Gasteiger partial charge in [-0.15, -0.1) is 0 Å². The minimum Gasteiger partial charge on any atom is -0.384 e. The van der Waals surface area contributed by atoms with Crippen LogP contribution in [-0.2, 0) is 9.53 Å². The second kappa shape index (κ2) is 7.23. The van der Waals surface area contributed by atoms with Crippen molar-refractivity contribution in [1.82, 2.24) is 5.32 Å². The van der Waals surface area contributed by atoms with Gasteiger partial charge < -0.3 is 10.1 Å². The van der Waals surface area contributed by atoms with Crippen LogP contribution in [-0.4, -0.2) is 31.0 Å². The van der Waals surface area contributed by atoms with Crippen LogP contribution in [0.25, 0.3) is 0 Å². The molecule has 0 spiro atoms. The first kappa shape index (κ1) is 13.9. The van der Waals surface area contributed by atoms with E-state index in [-0.39, 0.29) is 10.7 Å². The molecule has 0 aliphatic rings. The van der Waals surface area contributed by atoms with Crippen molar-refractivity contribution in [2.75, 3.05) is 20.3 Å². The second-order valence-corrected chi connectivity index (χ2v) is 4.94. The van der Waals surface area contributed by atoms with E-state index in [1.54, 1.807) is 7.11 Å².